The molecule has 4 nitrogen and oxygen atoms in total. The molecule has 2 aromatic rings. The van der Waals surface area contributed by atoms with Gasteiger partial charge in [0.25, 0.3) is 5.91 Å². The Bertz CT molecular complexity index is 1060. The minimum atomic E-state index is -0.600. The number of rotatable bonds is 7. The van der Waals surface area contributed by atoms with E-state index in [-0.39, 0.29) is 38.6 Å². The molecular formula is C23H21ClF2N2O2. The molecule has 0 aliphatic carbocycles. The fourth-order valence-corrected chi connectivity index (χ4v) is 3.00. The Labute approximate surface area is 178 Å². The molecule has 0 spiro atoms. The average Bonchev–Trinajstić information content (AvgIpc) is 2.70. The van der Waals surface area contributed by atoms with Crippen LogP contribution in [0.1, 0.15) is 38.8 Å². The Morgan fingerprint density at radius 3 is 2.37 bits per heavy atom. The van der Waals surface area contributed by atoms with Crippen LogP contribution in [0.15, 0.2) is 65.7 Å². The highest BCUT2D eigenvalue weighted by Crippen LogP contribution is 2.25. The summed E-state index contributed by atoms with van der Waals surface area (Å²) in [7, 11) is 0. The molecule has 3 N–H and O–H groups in total. The van der Waals surface area contributed by atoms with Gasteiger partial charge in [-0.05, 0) is 61.9 Å². The van der Waals surface area contributed by atoms with E-state index in [0.717, 1.165) is 18.2 Å². The number of nitrogens with two attached hydrogens (primary N) is 1. The number of hydrogen-bond donors (Lipinski definition) is 2. The van der Waals surface area contributed by atoms with E-state index in [9.17, 15) is 18.4 Å². The first kappa shape index (κ1) is 23.0. The van der Waals surface area contributed by atoms with Gasteiger partial charge in [0.1, 0.15) is 11.6 Å². The van der Waals surface area contributed by atoms with Crippen molar-refractivity contribution >= 4 is 29.0 Å². The van der Waals surface area contributed by atoms with E-state index in [0.29, 0.717) is 6.54 Å². The summed E-state index contributed by atoms with van der Waals surface area (Å²) in [4.78, 5) is 24.7. The summed E-state index contributed by atoms with van der Waals surface area (Å²) in [6, 6.07) is 7.55. The number of nitrogens with one attached hydrogen (secondary N) is 1. The molecule has 0 saturated heterocycles. The zero-order chi connectivity index (χ0) is 22.4. The van der Waals surface area contributed by atoms with E-state index < -0.39 is 23.3 Å². The van der Waals surface area contributed by atoms with Crippen molar-refractivity contribution in [1.82, 2.24) is 5.32 Å². The average molecular weight is 431 g/mol. The lowest BCUT2D eigenvalue weighted by molar-refractivity contribution is 0.0954. The number of ketones is 1. The molecule has 0 fully saturated rings. The second-order valence-corrected chi connectivity index (χ2v) is 6.80. The van der Waals surface area contributed by atoms with Gasteiger partial charge >= 0.3 is 0 Å². The highest BCUT2D eigenvalue weighted by atomic mass is 35.5. The van der Waals surface area contributed by atoms with E-state index in [1.165, 1.54) is 37.3 Å². The summed E-state index contributed by atoms with van der Waals surface area (Å²) in [5, 5.41) is 2.57. The summed E-state index contributed by atoms with van der Waals surface area (Å²) >= 11 is 6.30. The molecule has 0 heterocycles. The number of amides is 1. The van der Waals surface area contributed by atoms with Gasteiger partial charge in [0.2, 0.25) is 0 Å². The van der Waals surface area contributed by atoms with Gasteiger partial charge in [-0.2, -0.15) is 0 Å². The van der Waals surface area contributed by atoms with Crippen molar-refractivity contribution < 1.29 is 18.4 Å². The normalized spacial score (nSPS) is 12.2. The van der Waals surface area contributed by atoms with Crippen LogP contribution in [0.4, 0.5) is 8.78 Å². The van der Waals surface area contributed by atoms with Crippen LogP contribution in [0, 0.1) is 18.6 Å². The predicted molar refractivity (Wildman–Crippen MR) is 115 cm³/mol. The van der Waals surface area contributed by atoms with E-state index in [1.807, 2.05) is 0 Å². The van der Waals surface area contributed by atoms with E-state index >= 15 is 0 Å². The molecule has 156 valence electrons. The van der Waals surface area contributed by atoms with Crippen LogP contribution in [-0.2, 0) is 0 Å². The summed E-state index contributed by atoms with van der Waals surface area (Å²) in [6.45, 7) is 7.25. The molecule has 7 heteroatoms. The van der Waals surface area contributed by atoms with Gasteiger partial charge in [-0.3, -0.25) is 9.59 Å². The lowest BCUT2D eigenvalue weighted by Crippen LogP contribution is -2.23. The number of carbonyl (C=O) groups excluding carboxylic acids is 2. The number of carbonyl (C=O) groups is 2. The molecule has 0 radical (unpaired) electrons. The van der Waals surface area contributed by atoms with E-state index in [1.54, 1.807) is 6.92 Å². The van der Waals surface area contributed by atoms with Crippen LogP contribution in [-0.4, -0.2) is 18.2 Å². The fraction of sp³-hybridized carbons (Fsp3) is 0.130. The second-order valence-electron chi connectivity index (χ2n) is 6.39. The molecule has 0 aromatic heterocycles. The maximum Gasteiger partial charge on any atom is 0.251 e. The first-order valence-corrected chi connectivity index (χ1v) is 9.45. The SMILES string of the molecule is C=C/C(C(=O)c1ccc(F)cc1)=C(Cl)\C=C(/N)c1cc(C(=O)NCC)cc(F)c1C. The van der Waals surface area contributed by atoms with Gasteiger partial charge < -0.3 is 11.1 Å². The first-order valence-electron chi connectivity index (χ1n) is 9.07. The predicted octanol–water partition coefficient (Wildman–Crippen LogP) is 4.88. The number of hydrogen-bond acceptors (Lipinski definition) is 3. The van der Waals surface area contributed by atoms with Gasteiger partial charge in [-0.1, -0.05) is 24.3 Å². The van der Waals surface area contributed by atoms with Crippen molar-refractivity contribution in [2.24, 2.45) is 5.73 Å². The molecule has 0 atom stereocenters. The minimum absolute atomic E-state index is 0.0277. The lowest BCUT2D eigenvalue weighted by Gasteiger charge is -2.11. The lowest BCUT2D eigenvalue weighted by atomic mass is 9.99. The first-order chi connectivity index (χ1) is 14.2. The van der Waals surface area contributed by atoms with Gasteiger partial charge in [0.15, 0.2) is 5.78 Å². The Morgan fingerprint density at radius 1 is 1.17 bits per heavy atom. The largest absolute Gasteiger partial charge is 0.398 e. The molecule has 30 heavy (non-hydrogen) atoms. The zero-order valence-corrected chi connectivity index (χ0v) is 17.3. The van der Waals surface area contributed by atoms with Crippen molar-refractivity contribution in [3.8, 4) is 0 Å². The molecule has 0 unspecified atom stereocenters. The second kappa shape index (κ2) is 9.98. The fourth-order valence-electron chi connectivity index (χ4n) is 2.72. The van der Waals surface area contributed by atoms with Crippen molar-refractivity contribution in [3.05, 3.63) is 99.6 Å². The van der Waals surface area contributed by atoms with Crippen LogP contribution >= 0.6 is 11.6 Å². The van der Waals surface area contributed by atoms with Crippen LogP contribution in [0.2, 0.25) is 0 Å². The summed E-state index contributed by atoms with van der Waals surface area (Å²) in [6.07, 6.45) is 2.56. The monoisotopic (exact) mass is 430 g/mol. The molecule has 0 bridgehead atoms. The topological polar surface area (TPSA) is 72.2 Å². The third kappa shape index (κ3) is 5.21. The van der Waals surface area contributed by atoms with Gasteiger partial charge in [-0.25, -0.2) is 8.78 Å². The Morgan fingerprint density at radius 2 is 1.80 bits per heavy atom. The van der Waals surface area contributed by atoms with Crippen LogP contribution in [0.5, 0.6) is 0 Å². The number of allylic oxidation sites excluding steroid dienone is 4. The smallest absolute Gasteiger partial charge is 0.251 e. The van der Waals surface area contributed by atoms with Gasteiger partial charge in [0.05, 0.1) is 5.03 Å². The number of Topliss-reactive ketones (excluding diaryl/α,β-unsaturated/α-hetero) is 1. The number of halogens is 3. The van der Waals surface area contributed by atoms with E-state index in [4.69, 9.17) is 17.3 Å². The van der Waals surface area contributed by atoms with Gasteiger partial charge in [-0.15, -0.1) is 0 Å². The molecule has 1 amide bonds. The molecular weight excluding hydrogens is 410 g/mol. The third-order valence-corrected chi connectivity index (χ3v) is 4.66. The third-order valence-electron chi connectivity index (χ3n) is 4.35. The van der Waals surface area contributed by atoms with Gasteiger partial charge in [0, 0.05) is 34.5 Å². The summed E-state index contributed by atoms with van der Waals surface area (Å²) in [5.41, 5.74) is 7.04. The Kier molecular flexibility index (Phi) is 7.66. The van der Waals surface area contributed by atoms with Crippen LogP contribution < -0.4 is 11.1 Å². The quantitative estimate of drug-likeness (QED) is 0.373. The molecule has 2 aromatic carbocycles. The zero-order valence-electron chi connectivity index (χ0n) is 16.6. The highest BCUT2D eigenvalue weighted by Gasteiger charge is 2.16. The standard InChI is InChI=1S/C23H21ClF2N2O2/c1-4-17(22(29)14-6-8-16(25)9-7-14)19(24)12-21(27)18-10-15(23(30)28-5-2)11-20(26)13(18)3/h4,6-12H,1,5,27H2,2-3H3,(H,28,30)/b19-17-,21-12-. The van der Waals surface area contributed by atoms with Crippen molar-refractivity contribution in [3.63, 3.8) is 0 Å². The summed E-state index contributed by atoms with van der Waals surface area (Å²) < 4.78 is 27.4. The Balaban J connectivity index is 2.50. The van der Waals surface area contributed by atoms with Crippen LogP contribution in [0.25, 0.3) is 5.70 Å². The van der Waals surface area contributed by atoms with Crippen LogP contribution in [0.3, 0.4) is 0 Å². The Hall–Kier alpha value is -3.25. The van der Waals surface area contributed by atoms with Crippen molar-refractivity contribution in [2.45, 2.75) is 13.8 Å². The molecule has 2 rings (SSSR count). The minimum Gasteiger partial charge on any atom is -0.398 e. The highest BCUT2D eigenvalue weighted by molar-refractivity contribution is 6.35. The maximum atomic E-state index is 14.3. The van der Waals surface area contributed by atoms with E-state index in [2.05, 4.69) is 11.9 Å². The summed E-state index contributed by atoms with van der Waals surface area (Å²) in [5.74, 6) is -1.99. The number of benzene rings is 2. The maximum absolute atomic E-state index is 14.3. The molecule has 0 aliphatic heterocycles. The van der Waals surface area contributed by atoms with Crippen molar-refractivity contribution in [2.75, 3.05) is 6.54 Å². The molecule has 0 saturated carbocycles. The van der Waals surface area contributed by atoms with Crippen molar-refractivity contribution in [1.29, 1.82) is 0 Å². The molecule has 0 aliphatic rings.